The minimum absolute atomic E-state index is 0.228. The number of aromatic nitrogens is 3. The van der Waals surface area contributed by atoms with Gasteiger partial charge in [-0.05, 0) is 23.8 Å². The van der Waals surface area contributed by atoms with Crippen molar-refractivity contribution in [2.24, 2.45) is 0 Å². The molecule has 2 heterocycles. The quantitative estimate of drug-likeness (QED) is 0.742. The maximum Gasteiger partial charge on any atom is 0.142 e. The Labute approximate surface area is 103 Å². The fourth-order valence-electron chi connectivity index (χ4n) is 1.80. The molecule has 0 aliphatic rings. The zero-order valence-electron chi connectivity index (χ0n) is 9.52. The van der Waals surface area contributed by atoms with E-state index in [4.69, 9.17) is 0 Å². The molecule has 0 saturated carbocycles. The van der Waals surface area contributed by atoms with Gasteiger partial charge in [0.2, 0.25) is 0 Å². The highest BCUT2D eigenvalue weighted by Crippen LogP contribution is 2.18. The number of hydrogen-bond donors (Lipinski definition) is 2. The molecule has 0 radical (unpaired) electrons. The van der Waals surface area contributed by atoms with E-state index in [1.54, 1.807) is 12.1 Å². The summed E-state index contributed by atoms with van der Waals surface area (Å²) in [6, 6.07) is 8.31. The fraction of sp³-hybridized carbons (Fsp3) is 0.0769. The van der Waals surface area contributed by atoms with Gasteiger partial charge in [0.05, 0.1) is 5.39 Å². The number of nitrogens with one attached hydrogen (secondary N) is 2. The number of fused-ring (bicyclic) bond motifs is 1. The van der Waals surface area contributed by atoms with Crippen molar-refractivity contribution in [1.29, 1.82) is 0 Å². The van der Waals surface area contributed by atoms with Gasteiger partial charge in [-0.3, -0.25) is 0 Å². The first-order valence-corrected chi connectivity index (χ1v) is 5.59. The zero-order chi connectivity index (χ0) is 12.4. The Bertz CT molecular complexity index is 660. The molecule has 18 heavy (non-hydrogen) atoms. The summed E-state index contributed by atoms with van der Waals surface area (Å²) in [6.07, 6.45) is 3.33. The second-order valence-electron chi connectivity index (χ2n) is 3.94. The Morgan fingerprint density at radius 2 is 1.94 bits per heavy atom. The van der Waals surface area contributed by atoms with Crippen molar-refractivity contribution < 1.29 is 4.39 Å². The molecule has 0 bridgehead atoms. The van der Waals surface area contributed by atoms with Gasteiger partial charge in [-0.15, -0.1) is 0 Å². The van der Waals surface area contributed by atoms with E-state index in [1.165, 1.54) is 18.5 Å². The summed E-state index contributed by atoms with van der Waals surface area (Å²) in [5.74, 6) is 0.541. The molecular weight excluding hydrogens is 231 g/mol. The Hall–Kier alpha value is -2.43. The van der Waals surface area contributed by atoms with Crippen LogP contribution in [0.1, 0.15) is 5.56 Å². The molecule has 2 N–H and O–H groups in total. The molecule has 0 unspecified atom stereocenters. The summed E-state index contributed by atoms with van der Waals surface area (Å²) >= 11 is 0. The van der Waals surface area contributed by atoms with Gasteiger partial charge in [0, 0.05) is 12.7 Å². The molecule has 0 spiro atoms. The number of nitrogens with zero attached hydrogens (tertiary/aromatic N) is 2. The van der Waals surface area contributed by atoms with Crippen LogP contribution in [0.25, 0.3) is 11.0 Å². The van der Waals surface area contributed by atoms with E-state index in [1.807, 2.05) is 12.3 Å². The average molecular weight is 242 g/mol. The monoisotopic (exact) mass is 242 g/mol. The van der Waals surface area contributed by atoms with Crippen LogP contribution in [0.3, 0.4) is 0 Å². The number of anilines is 1. The lowest BCUT2D eigenvalue weighted by Gasteiger charge is -2.06. The van der Waals surface area contributed by atoms with Crippen LogP contribution in [-0.4, -0.2) is 15.0 Å². The number of halogens is 1. The average Bonchev–Trinajstić information content (AvgIpc) is 2.87. The van der Waals surface area contributed by atoms with Gasteiger partial charge >= 0.3 is 0 Å². The summed E-state index contributed by atoms with van der Waals surface area (Å²) in [6.45, 7) is 0.595. The zero-order valence-corrected chi connectivity index (χ0v) is 9.52. The van der Waals surface area contributed by atoms with Crippen LogP contribution in [-0.2, 0) is 6.54 Å². The molecule has 0 fully saturated rings. The largest absolute Gasteiger partial charge is 0.365 e. The number of H-pyrrole nitrogens is 1. The third-order valence-electron chi connectivity index (χ3n) is 2.73. The predicted molar refractivity (Wildman–Crippen MR) is 67.6 cm³/mol. The standard InChI is InChI=1S/C13H11FN4/c14-10-3-1-9(2-4-10)7-16-13-11-5-6-15-12(11)17-8-18-13/h1-6,8H,7H2,(H2,15,16,17,18). The number of hydrogen-bond acceptors (Lipinski definition) is 3. The smallest absolute Gasteiger partial charge is 0.142 e. The Kier molecular flexibility index (Phi) is 2.64. The second-order valence-corrected chi connectivity index (χ2v) is 3.94. The van der Waals surface area contributed by atoms with E-state index in [9.17, 15) is 4.39 Å². The lowest BCUT2D eigenvalue weighted by Crippen LogP contribution is -2.02. The number of benzene rings is 1. The molecule has 5 heteroatoms. The van der Waals surface area contributed by atoms with Gasteiger partial charge < -0.3 is 10.3 Å². The van der Waals surface area contributed by atoms with Crippen molar-refractivity contribution >= 4 is 16.9 Å². The molecule has 0 aliphatic carbocycles. The highest BCUT2D eigenvalue weighted by Gasteiger charge is 2.03. The maximum absolute atomic E-state index is 12.8. The first kappa shape index (κ1) is 10.7. The highest BCUT2D eigenvalue weighted by atomic mass is 19.1. The molecular formula is C13H11FN4. The minimum atomic E-state index is -0.228. The lowest BCUT2D eigenvalue weighted by atomic mass is 10.2. The first-order chi connectivity index (χ1) is 8.83. The van der Waals surface area contributed by atoms with Crippen molar-refractivity contribution in [3.05, 3.63) is 54.2 Å². The second kappa shape index (κ2) is 4.44. The van der Waals surface area contributed by atoms with Crippen molar-refractivity contribution in [1.82, 2.24) is 15.0 Å². The SMILES string of the molecule is Fc1ccc(CNc2ncnc3[nH]ccc23)cc1. The van der Waals surface area contributed by atoms with Gasteiger partial charge in [0.15, 0.2) is 0 Å². The molecule has 0 atom stereocenters. The third-order valence-corrected chi connectivity index (χ3v) is 2.73. The van der Waals surface area contributed by atoms with Crippen LogP contribution in [0.2, 0.25) is 0 Å². The minimum Gasteiger partial charge on any atom is -0.365 e. The van der Waals surface area contributed by atoms with E-state index < -0.39 is 0 Å². The van der Waals surface area contributed by atoms with E-state index in [-0.39, 0.29) is 5.82 Å². The molecule has 0 saturated heterocycles. The normalized spacial score (nSPS) is 10.7. The van der Waals surface area contributed by atoms with E-state index >= 15 is 0 Å². The third kappa shape index (κ3) is 2.02. The van der Waals surface area contributed by atoms with Crippen LogP contribution < -0.4 is 5.32 Å². The van der Waals surface area contributed by atoms with Crippen molar-refractivity contribution in [2.75, 3.05) is 5.32 Å². The summed E-state index contributed by atoms with van der Waals surface area (Å²) in [4.78, 5) is 11.3. The number of aromatic amines is 1. The van der Waals surface area contributed by atoms with Crippen LogP contribution in [0, 0.1) is 5.82 Å². The maximum atomic E-state index is 12.8. The highest BCUT2D eigenvalue weighted by molar-refractivity contribution is 5.86. The predicted octanol–water partition coefficient (Wildman–Crippen LogP) is 2.71. The lowest BCUT2D eigenvalue weighted by molar-refractivity contribution is 0.627. The fourth-order valence-corrected chi connectivity index (χ4v) is 1.80. The molecule has 2 aromatic heterocycles. The van der Waals surface area contributed by atoms with Crippen LogP contribution in [0.4, 0.5) is 10.2 Å². The van der Waals surface area contributed by atoms with E-state index in [0.29, 0.717) is 6.54 Å². The molecule has 0 amide bonds. The first-order valence-electron chi connectivity index (χ1n) is 5.59. The molecule has 3 rings (SSSR count). The summed E-state index contributed by atoms with van der Waals surface area (Å²) < 4.78 is 12.8. The van der Waals surface area contributed by atoms with Crippen molar-refractivity contribution in [2.45, 2.75) is 6.54 Å². The van der Waals surface area contributed by atoms with Crippen LogP contribution >= 0.6 is 0 Å². The summed E-state index contributed by atoms with van der Waals surface area (Å²) in [5.41, 5.74) is 1.80. The van der Waals surface area contributed by atoms with Gasteiger partial charge in [-0.1, -0.05) is 12.1 Å². The van der Waals surface area contributed by atoms with Crippen molar-refractivity contribution in [3.8, 4) is 0 Å². The number of rotatable bonds is 3. The van der Waals surface area contributed by atoms with E-state index in [0.717, 1.165) is 22.4 Å². The summed E-state index contributed by atoms with van der Waals surface area (Å²) in [7, 11) is 0. The molecule has 0 aliphatic heterocycles. The van der Waals surface area contributed by atoms with Gasteiger partial charge in [-0.25, -0.2) is 14.4 Å². The molecule has 1 aromatic carbocycles. The Balaban J connectivity index is 1.80. The molecule has 3 aromatic rings. The van der Waals surface area contributed by atoms with E-state index in [2.05, 4.69) is 20.3 Å². The van der Waals surface area contributed by atoms with Crippen LogP contribution in [0.15, 0.2) is 42.9 Å². The summed E-state index contributed by atoms with van der Waals surface area (Å²) in [5, 5.41) is 4.16. The molecule has 90 valence electrons. The van der Waals surface area contributed by atoms with Gasteiger partial charge in [0.1, 0.15) is 23.6 Å². The Morgan fingerprint density at radius 1 is 1.11 bits per heavy atom. The Morgan fingerprint density at radius 3 is 2.78 bits per heavy atom. The van der Waals surface area contributed by atoms with Gasteiger partial charge in [0.25, 0.3) is 0 Å². The molecule has 4 nitrogen and oxygen atoms in total. The van der Waals surface area contributed by atoms with Gasteiger partial charge in [-0.2, -0.15) is 0 Å². The topological polar surface area (TPSA) is 53.6 Å². The van der Waals surface area contributed by atoms with Crippen LogP contribution in [0.5, 0.6) is 0 Å². The van der Waals surface area contributed by atoms with Crippen molar-refractivity contribution in [3.63, 3.8) is 0 Å².